The highest BCUT2D eigenvalue weighted by atomic mass is 16.4. The quantitative estimate of drug-likeness (QED) is 0.726. The molecule has 0 atom stereocenters. The normalized spacial score (nSPS) is 10.2. The molecule has 1 aromatic heterocycles. The second-order valence-corrected chi connectivity index (χ2v) is 3.30. The van der Waals surface area contributed by atoms with Crippen molar-refractivity contribution in [3.63, 3.8) is 0 Å². The standard InChI is InChI=1S/C9H14N2O2/c1-5-7(9(12)13)10-6(2)8(5)11(3)4/h10H,1-4H3,(H,12,13). The van der Waals surface area contributed by atoms with Crippen molar-refractivity contribution in [2.75, 3.05) is 19.0 Å². The fourth-order valence-corrected chi connectivity index (χ4v) is 1.62. The van der Waals surface area contributed by atoms with Crippen LogP contribution in [0.15, 0.2) is 0 Å². The van der Waals surface area contributed by atoms with Gasteiger partial charge in [-0.1, -0.05) is 0 Å². The van der Waals surface area contributed by atoms with Crippen LogP contribution in [0, 0.1) is 13.8 Å². The van der Waals surface area contributed by atoms with E-state index in [1.54, 1.807) is 0 Å². The number of H-pyrrole nitrogens is 1. The van der Waals surface area contributed by atoms with E-state index in [4.69, 9.17) is 5.11 Å². The fraction of sp³-hybridized carbons (Fsp3) is 0.444. The van der Waals surface area contributed by atoms with Crippen molar-refractivity contribution >= 4 is 11.7 Å². The maximum Gasteiger partial charge on any atom is 0.352 e. The van der Waals surface area contributed by atoms with E-state index in [0.717, 1.165) is 16.9 Å². The van der Waals surface area contributed by atoms with Crippen LogP contribution in [0.3, 0.4) is 0 Å². The van der Waals surface area contributed by atoms with Gasteiger partial charge in [-0.3, -0.25) is 0 Å². The van der Waals surface area contributed by atoms with Crippen LogP contribution in [0.2, 0.25) is 0 Å². The highest BCUT2D eigenvalue weighted by molar-refractivity contribution is 5.90. The van der Waals surface area contributed by atoms with Crippen LogP contribution in [0.1, 0.15) is 21.7 Å². The van der Waals surface area contributed by atoms with Gasteiger partial charge in [-0.2, -0.15) is 0 Å². The van der Waals surface area contributed by atoms with Crippen molar-refractivity contribution < 1.29 is 9.90 Å². The van der Waals surface area contributed by atoms with E-state index >= 15 is 0 Å². The molecule has 0 aliphatic rings. The third kappa shape index (κ3) is 1.52. The number of aromatic nitrogens is 1. The number of anilines is 1. The van der Waals surface area contributed by atoms with Crippen molar-refractivity contribution in [2.24, 2.45) is 0 Å². The van der Waals surface area contributed by atoms with E-state index in [1.165, 1.54) is 0 Å². The molecule has 72 valence electrons. The summed E-state index contributed by atoms with van der Waals surface area (Å²) in [6, 6.07) is 0. The van der Waals surface area contributed by atoms with E-state index in [9.17, 15) is 4.79 Å². The molecule has 1 aromatic rings. The molecule has 1 rings (SSSR count). The molecule has 13 heavy (non-hydrogen) atoms. The zero-order valence-corrected chi connectivity index (χ0v) is 8.30. The molecule has 0 bridgehead atoms. The van der Waals surface area contributed by atoms with E-state index in [1.807, 2.05) is 32.8 Å². The third-order valence-corrected chi connectivity index (χ3v) is 2.06. The predicted molar refractivity (Wildman–Crippen MR) is 51.6 cm³/mol. The number of nitrogens with zero attached hydrogens (tertiary/aromatic N) is 1. The third-order valence-electron chi connectivity index (χ3n) is 2.06. The van der Waals surface area contributed by atoms with Crippen molar-refractivity contribution in [3.05, 3.63) is 17.0 Å². The van der Waals surface area contributed by atoms with Crippen molar-refractivity contribution in [2.45, 2.75) is 13.8 Å². The van der Waals surface area contributed by atoms with Crippen LogP contribution in [-0.4, -0.2) is 30.2 Å². The number of hydrogen-bond acceptors (Lipinski definition) is 2. The van der Waals surface area contributed by atoms with Gasteiger partial charge in [0, 0.05) is 25.4 Å². The Morgan fingerprint density at radius 2 is 1.92 bits per heavy atom. The Hall–Kier alpha value is -1.45. The number of carboxylic acid groups (broad SMARTS) is 1. The van der Waals surface area contributed by atoms with E-state index < -0.39 is 5.97 Å². The van der Waals surface area contributed by atoms with E-state index in [-0.39, 0.29) is 5.69 Å². The zero-order valence-electron chi connectivity index (χ0n) is 8.30. The minimum Gasteiger partial charge on any atom is -0.477 e. The highest BCUT2D eigenvalue weighted by Gasteiger charge is 2.16. The van der Waals surface area contributed by atoms with Gasteiger partial charge in [0.2, 0.25) is 0 Å². The molecule has 0 radical (unpaired) electrons. The largest absolute Gasteiger partial charge is 0.477 e. The Morgan fingerprint density at radius 3 is 2.15 bits per heavy atom. The van der Waals surface area contributed by atoms with Gasteiger partial charge in [0.1, 0.15) is 5.69 Å². The van der Waals surface area contributed by atoms with Gasteiger partial charge < -0.3 is 15.0 Å². The molecule has 0 saturated heterocycles. The minimum absolute atomic E-state index is 0.279. The zero-order chi connectivity index (χ0) is 10.2. The van der Waals surface area contributed by atoms with Gasteiger partial charge in [0.25, 0.3) is 0 Å². The summed E-state index contributed by atoms with van der Waals surface area (Å²) < 4.78 is 0. The summed E-state index contributed by atoms with van der Waals surface area (Å²) in [4.78, 5) is 15.5. The smallest absolute Gasteiger partial charge is 0.352 e. The van der Waals surface area contributed by atoms with Crippen LogP contribution < -0.4 is 4.90 Å². The van der Waals surface area contributed by atoms with Crippen LogP contribution in [-0.2, 0) is 0 Å². The SMILES string of the molecule is Cc1[nH]c(C(=O)O)c(C)c1N(C)C. The molecule has 0 aromatic carbocycles. The molecular formula is C9H14N2O2. The molecule has 0 spiro atoms. The highest BCUT2D eigenvalue weighted by Crippen LogP contribution is 2.25. The Bertz CT molecular complexity index is 340. The molecule has 0 saturated carbocycles. The van der Waals surface area contributed by atoms with E-state index in [0.29, 0.717) is 0 Å². The van der Waals surface area contributed by atoms with Gasteiger partial charge in [-0.25, -0.2) is 4.79 Å². The molecule has 2 N–H and O–H groups in total. The second kappa shape index (κ2) is 3.12. The molecule has 4 heteroatoms. The van der Waals surface area contributed by atoms with Crippen molar-refractivity contribution in [3.8, 4) is 0 Å². The first-order valence-electron chi connectivity index (χ1n) is 4.05. The Balaban J connectivity index is 3.30. The van der Waals surface area contributed by atoms with Gasteiger partial charge in [0.05, 0.1) is 5.69 Å². The molecule has 0 aliphatic carbocycles. The van der Waals surface area contributed by atoms with Crippen molar-refractivity contribution in [1.82, 2.24) is 4.98 Å². The molecule has 0 aliphatic heterocycles. The van der Waals surface area contributed by atoms with Crippen LogP contribution >= 0.6 is 0 Å². The summed E-state index contributed by atoms with van der Waals surface area (Å²) >= 11 is 0. The second-order valence-electron chi connectivity index (χ2n) is 3.30. The summed E-state index contributed by atoms with van der Waals surface area (Å²) in [6.45, 7) is 3.68. The lowest BCUT2D eigenvalue weighted by molar-refractivity contribution is 0.0690. The van der Waals surface area contributed by atoms with Gasteiger partial charge >= 0.3 is 5.97 Å². The first-order chi connectivity index (χ1) is 5.95. The molecule has 0 amide bonds. The lowest BCUT2D eigenvalue weighted by atomic mass is 10.2. The maximum absolute atomic E-state index is 10.8. The first-order valence-corrected chi connectivity index (χ1v) is 4.05. The molecule has 0 fully saturated rings. The summed E-state index contributed by atoms with van der Waals surface area (Å²) in [7, 11) is 3.80. The molecular weight excluding hydrogens is 168 g/mol. The fourth-order valence-electron chi connectivity index (χ4n) is 1.62. The average Bonchev–Trinajstić information content (AvgIpc) is 2.26. The predicted octanol–water partition coefficient (Wildman–Crippen LogP) is 1.40. The molecule has 1 heterocycles. The number of carbonyl (C=O) groups is 1. The topological polar surface area (TPSA) is 56.3 Å². The Morgan fingerprint density at radius 1 is 1.38 bits per heavy atom. The summed E-state index contributed by atoms with van der Waals surface area (Å²) in [5, 5.41) is 8.84. The number of carboxylic acids is 1. The molecule has 0 unspecified atom stereocenters. The van der Waals surface area contributed by atoms with Gasteiger partial charge in [-0.15, -0.1) is 0 Å². The van der Waals surface area contributed by atoms with Crippen LogP contribution in [0.5, 0.6) is 0 Å². The van der Waals surface area contributed by atoms with Crippen LogP contribution in [0.25, 0.3) is 0 Å². The lowest BCUT2D eigenvalue weighted by Gasteiger charge is -2.12. The maximum atomic E-state index is 10.8. The monoisotopic (exact) mass is 182 g/mol. The van der Waals surface area contributed by atoms with Gasteiger partial charge in [-0.05, 0) is 13.8 Å². The van der Waals surface area contributed by atoms with Crippen LogP contribution in [0.4, 0.5) is 5.69 Å². The number of hydrogen-bond donors (Lipinski definition) is 2. The first kappa shape index (κ1) is 9.64. The Labute approximate surface area is 77.2 Å². The molecule has 4 nitrogen and oxygen atoms in total. The number of aromatic amines is 1. The average molecular weight is 182 g/mol. The van der Waals surface area contributed by atoms with Gasteiger partial charge in [0.15, 0.2) is 0 Å². The summed E-state index contributed by atoms with van der Waals surface area (Å²) in [5.74, 6) is -0.909. The number of aromatic carboxylic acids is 1. The Kier molecular flexibility index (Phi) is 2.32. The summed E-state index contributed by atoms with van der Waals surface area (Å²) in [6.07, 6.45) is 0. The van der Waals surface area contributed by atoms with Crippen molar-refractivity contribution in [1.29, 1.82) is 0 Å². The number of nitrogens with one attached hydrogen (secondary N) is 1. The van der Waals surface area contributed by atoms with E-state index in [2.05, 4.69) is 4.98 Å². The number of rotatable bonds is 2. The lowest BCUT2D eigenvalue weighted by Crippen LogP contribution is -2.10. The number of aryl methyl sites for hydroxylation is 1. The minimum atomic E-state index is -0.909. The summed E-state index contributed by atoms with van der Waals surface area (Å²) in [5.41, 5.74) is 2.91.